The molecule has 0 aromatic heterocycles. The molecule has 1 aliphatic rings. The smallest absolute Gasteiger partial charge is 0.274 e. The number of nitro groups is 1. The second-order valence-electron chi connectivity index (χ2n) is 5.09. The molecule has 0 saturated heterocycles. The molecule has 0 unspecified atom stereocenters. The van der Waals surface area contributed by atoms with Crippen LogP contribution in [-0.2, 0) is 10.0 Å². The summed E-state index contributed by atoms with van der Waals surface area (Å²) < 4.78 is 40.2. The summed E-state index contributed by atoms with van der Waals surface area (Å²) in [4.78, 5) is 9.00. The Morgan fingerprint density at radius 1 is 1.43 bits per heavy atom. The van der Waals surface area contributed by atoms with E-state index >= 15 is 0 Å². The zero-order chi connectivity index (χ0) is 15.6. The maximum Gasteiger partial charge on any atom is 0.274 e. The largest absolute Gasteiger partial charge is 0.397 e. The minimum Gasteiger partial charge on any atom is -0.397 e. The highest BCUT2D eigenvalue weighted by molar-refractivity contribution is 7.89. The monoisotopic (exact) mass is 317 g/mol. The summed E-state index contributed by atoms with van der Waals surface area (Å²) in [5, 5.41) is 10.6. The molecule has 9 heteroatoms. The maximum atomic E-state index is 13.8. The summed E-state index contributed by atoms with van der Waals surface area (Å²) in [5.74, 6) is -0.718. The number of hydrogen-bond acceptors (Lipinski definition) is 5. The number of anilines is 1. The summed E-state index contributed by atoms with van der Waals surface area (Å²) in [5.41, 5.74) is 4.39. The van der Waals surface area contributed by atoms with Crippen LogP contribution in [0.1, 0.15) is 25.7 Å². The predicted molar refractivity (Wildman–Crippen MR) is 74.6 cm³/mol. The van der Waals surface area contributed by atoms with Gasteiger partial charge in [-0.2, -0.15) is 0 Å². The normalized spacial score (nSPS) is 15.7. The van der Waals surface area contributed by atoms with Gasteiger partial charge in [-0.3, -0.25) is 10.1 Å². The number of nitrogens with one attached hydrogen (secondary N) is 1. The van der Waals surface area contributed by atoms with Crippen molar-refractivity contribution in [3.63, 3.8) is 0 Å². The number of rotatable bonds is 6. The van der Waals surface area contributed by atoms with Crippen LogP contribution in [0.3, 0.4) is 0 Å². The lowest BCUT2D eigenvalue weighted by atomic mass is 9.83. The number of hydrogen-bond donors (Lipinski definition) is 2. The molecule has 0 radical (unpaired) electrons. The SMILES string of the molecule is Nc1cc([N+](=O)[O-])cc(F)c1S(=O)(=O)NCCC1CCC1. The Balaban J connectivity index is 2.16. The molecular weight excluding hydrogens is 301 g/mol. The molecule has 1 aliphatic carbocycles. The van der Waals surface area contributed by atoms with Crippen molar-refractivity contribution in [2.75, 3.05) is 12.3 Å². The van der Waals surface area contributed by atoms with Crippen LogP contribution in [0.15, 0.2) is 17.0 Å². The van der Waals surface area contributed by atoms with Gasteiger partial charge < -0.3 is 5.73 Å². The molecule has 0 heterocycles. The van der Waals surface area contributed by atoms with E-state index in [4.69, 9.17) is 5.73 Å². The molecule has 1 fully saturated rings. The molecule has 1 saturated carbocycles. The first-order valence-corrected chi connectivity index (χ1v) is 8.02. The molecule has 1 aromatic carbocycles. The van der Waals surface area contributed by atoms with Crippen LogP contribution in [0.25, 0.3) is 0 Å². The van der Waals surface area contributed by atoms with Crippen molar-refractivity contribution in [3.8, 4) is 0 Å². The quantitative estimate of drug-likeness (QED) is 0.471. The van der Waals surface area contributed by atoms with Gasteiger partial charge in [-0.05, 0) is 12.3 Å². The third kappa shape index (κ3) is 3.48. The fourth-order valence-corrected chi connectivity index (χ4v) is 3.46. The molecule has 2 rings (SSSR count). The summed E-state index contributed by atoms with van der Waals surface area (Å²) in [7, 11) is -4.12. The third-order valence-electron chi connectivity index (χ3n) is 3.61. The Morgan fingerprint density at radius 2 is 2.10 bits per heavy atom. The Morgan fingerprint density at radius 3 is 2.57 bits per heavy atom. The van der Waals surface area contributed by atoms with E-state index in [0.717, 1.165) is 25.3 Å². The number of nitrogen functional groups attached to an aromatic ring is 1. The van der Waals surface area contributed by atoms with Gasteiger partial charge in [0.15, 0.2) is 5.82 Å². The van der Waals surface area contributed by atoms with Gasteiger partial charge in [0.2, 0.25) is 10.0 Å². The lowest BCUT2D eigenvalue weighted by Gasteiger charge is -2.25. The Kier molecular flexibility index (Phi) is 4.43. The van der Waals surface area contributed by atoms with Crippen molar-refractivity contribution in [3.05, 3.63) is 28.1 Å². The molecule has 0 spiro atoms. The molecule has 21 heavy (non-hydrogen) atoms. The number of nitro benzene ring substituents is 1. The molecule has 0 bridgehead atoms. The number of nitrogens with zero attached hydrogens (tertiary/aromatic N) is 1. The minimum atomic E-state index is -4.12. The van der Waals surface area contributed by atoms with Gasteiger partial charge in [0.1, 0.15) is 4.90 Å². The highest BCUT2D eigenvalue weighted by Crippen LogP contribution is 2.30. The average Bonchev–Trinajstić information content (AvgIpc) is 2.30. The van der Waals surface area contributed by atoms with Crippen LogP contribution in [0.5, 0.6) is 0 Å². The Hall–Kier alpha value is -1.74. The fourth-order valence-electron chi connectivity index (χ4n) is 2.24. The molecule has 0 amide bonds. The first-order chi connectivity index (χ1) is 9.81. The van der Waals surface area contributed by atoms with Crippen molar-refractivity contribution in [1.29, 1.82) is 0 Å². The second kappa shape index (κ2) is 5.94. The first-order valence-electron chi connectivity index (χ1n) is 6.54. The third-order valence-corrected chi connectivity index (χ3v) is 5.16. The van der Waals surface area contributed by atoms with Crippen LogP contribution in [-0.4, -0.2) is 19.9 Å². The van der Waals surface area contributed by atoms with Crippen molar-refractivity contribution >= 4 is 21.4 Å². The van der Waals surface area contributed by atoms with Crippen LogP contribution < -0.4 is 10.5 Å². The Labute approximate surface area is 121 Å². The summed E-state index contributed by atoms with van der Waals surface area (Å²) in [6.45, 7) is 0.197. The van der Waals surface area contributed by atoms with Crippen molar-refractivity contribution in [2.45, 2.75) is 30.6 Å². The molecule has 116 valence electrons. The van der Waals surface area contributed by atoms with Crippen molar-refractivity contribution in [1.82, 2.24) is 4.72 Å². The number of non-ortho nitro benzene ring substituents is 1. The summed E-state index contributed by atoms with van der Waals surface area (Å²) in [6, 6.07) is 1.39. The second-order valence-corrected chi connectivity index (χ2v) is 6.79. The predicted octanol–water partition coefficient (Wildman–Crippen LogP) is 1.78. The zero-order valence-corrected chi connectivity index (χ0v) is 12.0. The van der Waals surface area contributed by atoms with Crippen LogP contribution >= 0.6 is 0 Å². The minimum absolute atomic E-state index is 0.197. The van der Waals surface area contributed by atoms with E-state index in [1.165, 1.54) is 0 Å². The highest BCUT2D eigenvalue weighted by atomic mass is 32.2. The van der Waals surface area contributed by atoms with E-state index in [-0.39, 0.29) is 6.54 Å². The number of nitrogens with two attached hydrogens (primary N) is 1. The Bertz CT molecular complexity index is 635. The molecule has 0 aliphatic heterocycles. The molecule has 1 aromatic rings. The zero-order valence-electron chi connectivity index (χ0n) is 11.2. The molecular formula is C12H16FN3O4S. The fraction of sp³-hybridized carbons (Fsp3) is 0.500. The van der Waals surface area contributed by atoms with Crippen LogP contribution in [0.4, 0.5) is 15.8 Å². The van der Waals surface area contributed by atoms with Gasteiger partial charge in [0.25, 0.3) is 5.69 Å². The molecule has 7 nitrogen and oxygen atoms in total. The topological polar surface area (TPSA) is 115 Å². The van der Waals surface area contributed by atoms with Gasteiger partial charge in [0, 0.05) is 12.6 Å². The van der Waals surface area contributed by atoms with Crippen LogP contribution in [0.2, 0.25) is 0 Å². The molecule has 3 N–H and O–H groups in total. The highest BCUT2D eigenvalue weighted by Gasteiger charge is 2.26. The van der Waals surface area contributed by atoms with Crippen molar-refractivity contribution in [2.24, 2.45) is 5.92 Å². The van der Waals surface area contributed by atoms with Gasteiger partial charge in [0.05, 0.1) is 16.7 Å². The first kappa shape index (κ1) is 15.6. The van der Waals surface area contributed by atoms with E-state index < -0.39 is 37.0 Å². The van der Waals surface area contributed by atoms with Gasteiger partial charge in [-0.15, -0.1) is 0 Å². The van der Waals surface area contributed by atoms with Gasteiger partial charge in [-0.1, -0.05) is 19.3 Å². The van der Waals surface area contributed by atoms with E-state index in [1.54, 1.807) is 0 Å². The summed E-state index contributed by atoms with van der Waals surface area (Å²) in [6.07, 6.45) is 4.00. The van der Waals surface area contributed by atoms with Gasteiger partial charge in [-0.25, -0.2) is 17.5 Å². The standard InChI is InChI=1S/C12H16FN3O4S/c13-10-6-9(16(17)18)7-11(14)12(10)21(19,20)15-5-4-8-2-1-3-8/h6-8,15H,1-5,14H2. The van der Waals surface area contributed by atoms with E-state index in [0.29, 0.717) is 18.4 Å². The van der Waals surface area contributed by atoms with E-state index in [9.17, 15) is 22.9 Å². The lowest BCUT2D eigenvalue weighted by Crippen LogP contribution is -2.29. The average molecular weight is 317 g/mol. The van der Waals surface area contributed by atoms with E-state index in [2.05, 4.69) is 4.72 Å². The molecule has 0 atom stereocenters. The maximum absolute atomic E-state index is 13.8. The van der Waals surface area contributed by atoms with Crippen LogP contribution in [0, 0.1) is 21.8 Å². The number of sulfonamides is 1. The lowest BCUT2D eigenvalue weighted by molar-refractivity contribution is -0.385. The summed E-state index contributed by atoms with van der Waals surface area (Å²) >= 11 is 0. The number of benzene rings is 1. The van der Waals surface area contributed by atoms with E-state index in [1.807, 2.05) is 0 Å². The number of halogens is 1. The van der Waals surface area contributed by atoms with Gasteiger partial charge >= 0.3 is 0 Å². The van der Waals surface area contributed by atoms with Crippen molar-refractivity contribution < 1.29 is 17.7 Å².